The molecule has 0 aliphatic carbocycles. The first-order valence-corrected chi connectivity index (χ1v) is 8.15. The third-order valence-corrected chi connectivity index (χ3v) is 5.40. The Morgan fingerprint density at radius 3 is 3.00 bits per heavy atom. The molecule has 5 rings (SSSR count). The smallest absolute Gasteiger partial charge is 0.250 e. The lowest BCUT2D eigenvalue weighted by Crippen LogP contribution is -2.54. The summed E-state index contributed by atoms with van der Waals surface area (Å²) in [7, 11) is 0. The molecule has 116 valence electrons. The van der Waals surface area contributed by atoms with Crippen LogP contribution in [0.1, 0.15) is 23.8 Å². The molecule has 3 aromatic rings. The molecule has 1 aromatic carbocycles. The lowest BCUT2D eigenvalue weighted by molar-refractivity contribution is 0.180. The van der Waals surface area contributed by atoms with Crippen LogP contribution >= 0.6 is 0 Å². The van der Waals surface area contributed by atoms with E-state index in [9.17, 15) is 4.79 Å². The van der Waals surface area contributed by atoms with E-state index in [0.29, 0.717) is 12.5 Å². The summed E-state index contributed by atoms with van der Waals surface area (Å²) in [6.45, 7) is 2.46. The molecule has 0 radical (unpaired) electrons. The Hall–Kier alpha value is -2.33. The summed E-state index contributed by atoms with van der Waals surface area (Å²) in [4.78, 5) is 12.4. The lowest BCUT2D eigenvalue weighted by atomic mass is 9.70. The predicted molar refractivity (Wildman–Crippen MR) is 88.8 cm³/mol. The van der Waals surface area contributed by atoms with E-state index in [4.69, 9.17) is 4.42 Å². The van der Waals surface area contributed by atoms with Crippen molar-refractivity contribution in [3.8, 4) is 0 Å². The fourth-order valence-electron chi connectivity index (χ4n) is 4.30. The normalized spacial score (nSPS) is 26.2. The minimum Gasteiger partial charge on any atom is -0.460 e. The van der Waals surface area contributed by atoms with E-state index in [0.717, 1.165) is 41.9 Å². The molecular formula is C19H18N2O2. The van der Waals surface area contributed by atoms with Crippen molar-refractivity contribution in [1.29, 1.82) is 0 Å². The van der Waals surface area contributed by atoms with Crippen molar-refractivity contribution >= 4 is 11.0 Å². The topological polar surface area (TPSA) is 47.2 Å². The zero-order valence-corrected chi connectivity index (χ0v) is 12.8. The van der Waals surface area contributed by atoms with Gasteiger partial charge in [-0.1, -0.05) is 24.3 Å². The molecule has 1 fully saturated rings. The number of hydrogen-bond acceptors (Lipinski definition) is 3. The highest BCUT2D eigenvalue weighted by Crippen LogP contribution is 2.44. The number of nitrogens with zero attached hydrogens (tertiary/aromatic N) is 1. The van der Waals surface area contributed by atoms with Gasteiger partial charge in [-0.3, -0.25) is 4.79 Å². The van der Waals surface area contributed by atoms with Crippen LogP contribution < -0.4 is 10.9 Å². The SMILES string of the molecule is O=c1cccc2n1C[C@]1(c3cc4ccccc4o3)CNC[C@H]2C1. The highest BCUT2D eigenvalue weighted by Gasteiger charge is 2.45. The quantitative estimate of drug-likeness (QED) is 0.752. The van der Waals surface area contributed by atoms with E-state index in [1.54, 1.807) is 6.07 Å². The molecule has 2 bridgehead atoms. The van der Waals surface area contributed by atoms with Gasteiger partial charge in [-0.25, -0.2) is 0 Å². The van der Waals surface area contributed by atoms with Gasteiger partial charge in [0.2, 0.25) is 0 Å². The van der Waals surface area contributed by atoms with Crippen LogP contribution in [0.25, 0.3) is 11.0 Å². The third kappa shape index (κ3) is 1.85. The van der Waals surface area contributed by atoms with Gasteiger partial charge in [-0.05, 0) is 24.6 Å². The number of nitrogens with one attached hydrogen (secondary N) is 1. The van der Waals surface area contributed by atoms with Gasteiger partial charge in [-0.2, -0.15) is 0 Å². The molecule has 2 aromatic heterocycles. The lowest BCUT2D eigenvalue weighted by Gasteiger charge is -2.45. The number of fused-ring (bicyclic) bond motifs is 5. The fraction of sp³-hybridized carbons (Fsp3) is 0.316. The van der Waals surface area contributed by atoms with Crippen LogP contribution in [-0.2, 0) is 12.0 Å². The van der Waals surface area contributed by atoms with Gasteiger partial charge in [0.1, 0.15) is 11.3 Å². The van der Waals surface area contributed by atoms with Crippen molar-refractivity contribution in [3.05, 3.63) is 70.3 Å². The van der Waals surface area contributed by atoms with Crippen LogP contribution in [0.2, 0.25) is 0 Å². The number of pyridine rings is 1. The van der Waals surface area contributed by atoms with Gasteiger partial charge in [0.25, 0.3) is 5.56 Å². The Kier molecular flexibility index (Phi) is 2.62. The Morgan fingerprint density at radius 2 is 2.09 bits per heavy atom. The summed E-state index contributed by atoms with van der Waals surface area (Å²) in [6.07, 6.45) is 1.03. The maximum absolute atomic E-state index is 12.4. The largest absolute Gasteiger partial charge is 0.460 e. The average molecular weight is 306 g/mol. The van der Waals surface area contributed by atoms with Crippen LogP contribution in [0.4, 0.5) is 0 Å². The predicted octanol–water partition coefficient (Wildman–Crippen LogP) is 2.62. The van der Waals surface area contributed by atoms with E-state index in [-0.39, 0.29) is 11.0 Å². The first-order chi connectivity index (χ1) is 11.3. The van der Waals surface area contributed by atoms with Gasteiger partial charge < -0.3 is 14.3 Å². The molecule has 4 heterocycles. The summed E-state index contributed by atoms with van der Waals surface area (Å²) in [6, 6.07) is 15.9. The number of furan rings is 1. The highest BCUT2D eigenvalue weighted by atomic mass is 16.3. The summed E-state index contributed by atoms with van der Waals surface area (Å²) < 4.78 is 8.13. The molecule has 1 N–H and O–H groups in total. The average Bonchev–Trinajstić information content (AvgIpc) is 3.01. The van der Waals surface area contributed by atoms with Crippen molar-refractivity contribution in [2.24, 2.45) is 0 Å². The van der Waals surface area contributed by atoms with Crippen molar-refractivity contribution < 1.29 is 4.42 Å². The van der Waals surface area contributed by atoms with Gasteiger partial charge in [0.15, 0.2) is 0 Å². The molecule has 2 aliphatic heterocycles. The Balaban J connectivity index is 1.70. The molecule has 2 atom stereocenters. The molecule has 4 heteroatoms. The second-order valence-corrected chi connectivity index (χ2v) is 6.84. The Labute approximate surface area is 133 Å². The minimum absolute atomic E-state index is 0.0922. The standard InChI is InChI=1S/C19H18N2O2/c22-18-7-3-5-15-14-9-19(11-20-10-14,12-21(15)18)17-8-13-4-1-2-6-16(13)23-17/h1-8,14,20H,9-12H2/t14-,19-/m1/s1. The maximum Gasteiger partial charge on any atom is 0.250 e. The number of rotatable bonds is 1. The number of benzene rings is 1. The van der Waals surface area contributed by atoms with E-state index in [1.165, 1.54) is 0 Å². The molecule has 1 saturated heterocycles. The second kappa shape index (κ2) is 4.59. The van der Waals surface area contributed by atoms with Crippen molar-refractivity contribution in [2.45, 2.75) is 24.3 Å². The third-order valence-electron chi connectivity index (χ3n) is 5.40. The van der Waals surface area contributed by atoms with E-state index in [1.807, 2.05) is 28.8 Å². The molecule has 0 unspecified atom stereocenters. The molecule has 4 nitrogen and oxygen atoms in total. The van der Waals surface area contributed by atoms with Crippen LogP contribution in [0, 0.1) is 0 Å². The Bertz CT molecular complexity index is 922. The summed E-state index contributed by atoms with van der Waals surface area (Å²) in [5, 5.41) is 4.69. The van der Waals surface area contributed by atoms with Gasteiger partial charge in [0.05, 0.1) is 5.41 Å². The van der Waals surface area contributed by atoms with E-state index >= 15 is 0 Å². The first-order valence-electron chi connectivity index (χ1n) is 8.15. The van der Waals surface area contributed by atoms with Crippen LogP contribution in [0.3, 0.4) is 0 Å². The molecular weight excluding hydrogens is 288 g/mol. The number of aromatic nitrogens is 1. The zero-order valence-electron chi connectivity index (χ0n) is 12.8. The van der Waals surface area contributed by atoms with E-state index in [2.05, 4.69) is 23.5 Å². The first kappa shape index (κ1) is 13.1. The van der Waals surface area contributed by atoms with Gasteiger partial charge in [0, 0.05) is 42.7 Å². The number of hydrogen-bond donors (Lipinski definition) is 1. The van der Waals surface area contributed by atoms with E-state index < -0.39 is 0 Å². The molecule has 0 amide bonds. The summed E-state index contributed by atoms with van der Waals surface area (Å²) >= 11 is 0. The highest BCUT2D eigenvalue weighted by molar-refractivity contribution is 5.78. The zero-order chi connectivity index (χ0) is 15.4. The maximum atomic E-state index is 12.4. The monoisotopic (exact) mass is 306 g/mol. The van der Waals surface area contributed by atoms with Crippen molar-refractivity contribution in [3.63, 3.8) is 0 Å². The van der Waals surface area contributed by atoms with Crippen LogP contribution in [0.15, 0.2) is 57.7 Å². The minimum atomic E-state index is -0.139. The van der Waals surface area contributed by atoms with Gasteiger partial charge in [-0.15, -0.1) is 0 Å². The van der Waals surface area contributed by atoms with Crippen molar-refractivity contribution in [2.75, 3.05) is 13.1 Å². The molecule has 0 spiro atoms. The molecule has 0 saturated carbocycles. The molecule has 2 aliphatic rings. The van der Waals surface area contributed by atoms with Gasteiger partial charge >= 0.3 is 0 Å². The summed E-state index contributed by atoms with van der Waals surface area (Å²) in [5.41, 5.74) is 2.02. The second-order valence-electron chi connectivity index (χ2n) is 6.84. The van der Waals surface area contributed by atoms with Crippen molar-refractivity contribution in [1.82, 2.24) is 9.88 Å². The van der Waals surface area contributed by atoms with Crippen LogP contribution in [-0.4, -0.2) is 17.7 Å². The fourth-order valence-corrected chi connectivity index (χ4v) is 4.30. The summed E-state index contributed by atoms with van der Waals surface area (Å²) in [5.74, 6) is 1.36. The molecule has 23 heavy (non-hydrogen) atoms. The number of piperidine rings is 1. The Morgan fingerprint density at radius 1 is 1.17 bits per heavy atom. The number of para-hydroxylation sites is 1. The van der Waals surface area contributed by atoms with Crippen LogP contribution in [0.5, 0.6) is 0 Å².